The lowest BCUT2D eigenvalue weighted by Crippen LogP contribution is -2.37. The standard InChI is InChI=1S/C25H54NO4PS/c1-6-7-8-9-10-11-12-13-14-15-16-17-18-19-22-32-24-25(2)23-30-31(27,28)29-21-20-26(3,4)5/h25H,6-24H2,1-5H3/p+1. The summed E-state index contributed by atoms with van der Waals surface area (Å²) < 4.78 is 22.8. The first-order chi connectivity index (χ1) is 15.2. The molecule has 0 aliphatic heterocycles. The van der Waals surface area contributed by atoms with Crippen molar-refractivity contribution >= 4 is 19.6 Å². The molecule has 1 N–H and O–H groups in total. The highest BCUT2D eigenvalue weighted by atomic mass is 32.2. The molecular formula is C25H55NO4PS+. The molecule has 0 amide bonds. The number of hydrogen-bond acceptors (Lipinski definition) is 4. The molecule has 32 heavy (non-hydrogen) atoms. The molecule has 5 nitrogen and oxygen atoms in total. The lowest BCUT2D eigenvalue weighted by molar-refractivity contribution is -0.870. The van der Waals surface area contributed by atoms with E-state index in [4.69, 9.17) is 9.05 Å². The summed E-state index contributed by atoms with van der Waals surface area (Å²) >= 11 is 1.92. The van der Waals surface area contributed by atoms with E-state index < -0.39 is 7.82 Å². The second kappa shape index (κ2) is 20.8. The van der Waals surface area contributed by atoms with Crippen LogP contribution in [0.4, 0.5) is 0 Å². The van der Waals surface area contributed by atoms with Gasteiger partial charge in [0.05, 0.1) is 27.7 Å². The van der Waals surface area contributed by atoms with Crippen molar-refractivity contribution in [2.24, 2.45) is 5.92 Å². The first-order valence-corrected chi connectivity index (χ1v) is 15.8. The highest BCUT2D eigenvalue weighted by Gasteiger charge is 2.23. The predicted molar refractivity (Wildman–Crippen MR) is 141 cm³/mol. The third-order valence-electron chi connectivity index (χ3n) is 5.58. The monoisotopic (exact) mass is 496 g/mol. The zero-order chi connectivity index (χ0) is 24.1. The van der Waals surface area contributed by atoms with Gasteiger partial charge in [-0.2, -0.15) is 11.8 Å². The maximum Gasteiger partial charge on any atom is 0.472 e. The molecule has 0 aromatic carbocycles. The van der Waals surface area contributed by atoms with E-state index in [1.165, 1.54) is 95.6 Å². The summed E-state index contributed by atoms with van der Waals surface area (Å²) in [5.74, 6) is 2.37. The summed E-state index contributed by atoms with van der Waals surface area (Å²) in [6, 6.07) is 0. The second-order valence-corrected chi connectivity index (χ2v) is 13.0. The minimum atomic E-state index is -3.93. The van der Waals surface area contributed by atoms with Crippen molar-refractivity contribution in [1.29, 1.82) is 0 Å². The van der Waals surface area contributed by atoms with Gasteiger partial charge in [-0.1, -0.05) is 97.3 Å². The molecule has 0 radical (unpaired) electrons. The summed E-state index contributed by atoms with van der Waals surface area (Å²) in [6.07, 6.45) is 19.5. The molecule has 0 saturated carbocycles. The van der Waals surface area contributed by atoms with Crippen molar-refractivity contribution in [1.82, 2.24) is 0 Å². The van der Waals surface area contributed by atoms with Crippen LogP contribution >= 0.6 is 19.6 Å². The summed E-state index contributed by atoms with van der Waals surface area (Å²) in [7, 11) is 2.13. The van der Waals surface area contributed by atoms with E-state index in [-0.39, 0.29) is 19.1 Å². The molecule has 7 heteroatoms. The number of phosphoric acid groups is 1. The van der Waals surface area contributed by atoms with Crippen molar-refractivity contribution in [3.05, 3.63) is 0 Å². The van der Waals surface area contributed by atoms with Gasteiger partial charge in [-0.15, -0.1) is 0 Å². The van der Waals surface area contributed by atoms with Gasteiger partial charge in [-0.3, -0.25) is 9.05 Å². The van der Waals surface area contributed by atoms with Gasteiger partial charge in [-0.05, 0) is 23.8 Å². The Hall–Kier alpha value is 0.420. The van der Waals surface area contributed by atoms with E-state index in [0.29, 0.717) is 11.0 Å². The highest BCUT2D eigenvalue weighted by Crippen LogP contribution is 2.43. The maximum absolute atomic E-state index is 11.9. The van der Waals surface area contributed by atoms with Crippen LogP contribution in [0.2, 0.25) is 0 Å². The number of likely N-dealkylation sites (N-methyl/N-ethyl adjacent to an activating group) is 1. The number of rotatable bonds is 24. The van der Waals surface area contributed by atoms with Crippen molar-refractivity contribution in [3.63, 3.8) is 0 Å². The van der Waals surface area contributed by atoms with Crippen molar-refractivity contribution < 1.29 is 23.0 Å². The third-order valence-corrected chi connectivity index (χ3v) is 7.95. The van der Waals surface area contributed by atoms with Gasteiger partial charge in [0, 0.05) is 0 Å². The van der Waals surface area contributed by atoms with Crippen molar-refractivity contribution in [3.8, 4) is 0 Å². The van der Waals surface area contributed by atoms with E-state index in [1.807, 2.05) is 32.9 Å². The number of thioether (sulfide) groups is 1. The fourth-order valence-corrected chi connectivity index (χ4v) is 5.32. The van der Waals surface area contributed by atoms with Gasteiger partial charge in [0.25, 0.3) is 0 Å². The van der Waals surface area contributed by atoms with Crippen LogP contribution in [0.1, 0.15) is 104 Å². The molecular weight excluding hydrogens is 441 g/mol. The fraction of sp³-hybridized carbons (Fsp3) is 1.00. The first-order valence-electron chi connectivity index (χ1n) is 13.2. The third kappa shape index (κ3) is 25.1. The number of quaternary nitrogens is 1. The molecule has 0 aliphatic rings. The van der Waals surface area contributed by atoms with Gasteiger partial charge in [0.1, 0.15) is 13.2 Å². The molecule has 194 valence electrons. The quantitative estimate of drug-likeness (QED) is 0.0844. The molecule has 0 aliphatic carbocycles. The van der Waals surface area contributed by atoms with Crippen LogP contribution in [0.5, 0.6) is 0 Å². The first kappa shape index (κ1) is 32.4. The van der Waals surface area contributed by atoms with Crippen LogP contribution in [0, 0.1) is 5.92 Å². The average molecular weight is 497 g/mol. The summed E-state index contributed by atoms with van der Waals surface area (Å²) in [5, 5.41) is 0. The van der Waals surface area contributed by atoms with Crippen LogP contribution in [-0.4, -0.2) is 61.8 Å². The molecule has 0 saturated heterocycles. The lowest BCUT2D eigenvalue weighted by atomic mass is 10.0. The van der Waals surface area contributed by atoms with Crippen LogP contribution in [0.15, 0.2) is 0 Å². The van der Waals surface area contributed by atoms with Gasteiger partial charge >= 0.3 is 7.82 Å². The van der Waals surface area contributed by atoms with Crippen LogP contribution in [-0.2, 0) is 13.6 Å². The van der Waals surface area contributed by atoms with Gasteiger partial charge in [-0.25, -0.2) is 4.57 Å². The van der Waals surface area contributed by atoms with E-state index in [9.17, 15) is 9.46 Å². The lowest BCUT2D eigenvalue weighted by Gasteiger charge is -2.24. The largest absolute Gasteiger partial charge is 0.472 e. The van der Waals surface area contributed by atoms with Crippen LogP contribution in [0.25, 0.3) is 0 Å². The number of hydrogen-bond donors (Lipinski definition) is 1. The number of phosphoric ester groups is 1. The van der Waals surface area contributed by atoms with Crippen LogP contribution in [0.3, 0.4) is 0 Å². The Bertz CT molecular complexity index is 460. The average Bonchev–Trinajstić information content (AvgIpc) is 2.71. The van der Waals surface area contributed by atoms with E-state index in [1.54, 1.807) is 0 Å². The molecule has 0 bridgehead atoms. The highest BCUT2D eigenvalue weighted by molar-refractivity contribution is 7.99. The van der Waals surface area contributed by atoms with Gasteiger partial charge < -0.3 is 9.38 Å². The Morgan fingerprint density at radius 1 is 0.812 bits per heavy atom. The zero-order valence-corrected chi connectivity index (χ0v) is 23.7. The molecule has 0 spiro atoms. The molecule has 0 aromatic rings. The molecule has 0 aromatic heterocycles. The molecule has 0 fully saturated rings. The summed E-state index contributed by atoms with van der Waals surface area (Å²) in [6.45, 7) is 5.49. The van der Waals surface area contributed by atoms with Gasteiger partial charge in [0.15, 0.2) is 0 Å². The molecule has 0 heterocycles. The van der Waals surface area contributed by atoms with Crippen molar-refractivity contribution in [2.45, 2.75) is 104 Å². The van der Waals surface area contributed by atoms with E-state index >= 15 is 0 Å². The van der Waals surface area contributed by atoms with E-state index in [2.05, 4.69) is 13.8 Å². The normalized spacial score (nSPS) is 15.1. The zero-order valence-electron chi connectivity index (χ0n) is 22.0. The molecule has 2 unspecified atom stereocenters. The van der Waals surface area contributed by atoms with Gasteiger partial charge in [0.2, 0.25) is 0 Å². The Morgan fingerprint density at radius 2 is 1.28 bits per heavy atom. The number of unbranched alkanes of at least 4 members (excludes halogenated alkanes) is 13. The summed E-state index contributed by atoms with van der Waals surface area (Å²) in [4.78, 5) is 9.77. The SMILES string of the molecule is CCCCCCCCCCCCCCCCSCC(C)COP(=O)(O)OCC[N+](C)(C)C. The Labute approximate surface area is 204 Å². The Kier molecular flexibility index (Phi) is 21.0. The van der Waals surface area contributed by atoms with E-state index in [0.717, 1.165) is 5.75 Å². The predicted octanol–water partition coefficient (Wildman–Crippen LogP) is 7.68. The fourth-order valence-electron chi connectivity index (χ4n) is 3.42. The minimum Gasteiger partial charge on any atom is -0.329 e. The second-order valence-electron chi connectivity index (χ2n) is 10.4. The minimum absolute atomic E-state index is 0.222. The number of nitrogens with zero attached hydrogens (tertiary/aromatic N) is 1. The summed E-state index contributed by atoms with van der Waals surface area (Å²) in [5.41, 5.74) is 0. The Morgan fingerprint density at radius 3 is 1.75 bits per heavy atom. The topological polar surface area (TPSA) is 55.8 Å². The molecule has 0 rings (SSSR count). The Balaban J connectivity index is 3.40. The smallest absolute Gasteiger partial charge is 0.329 e. The maximum atomic E-state index is 11.9. The van der Waals surface area contributed by atoms with Crippen LogP contribution < -0.4 is 0 Å². The molecule has 2 atom stereocenters. The van der Waals surface area contributed by atoms with Crippen molar-refractivity contribution in [2.75, 3.05) is 52.4 Å².